The quantitative estimate of drug-likeness (QED) is 0.213. The number of carbonyl (C=O) groups excluding carboxylic acids is 6. The highest BCUT2D eigenvalue weighted by atomic mass is 16.6. The van der Waals surface area contributed by atoms with Gasteiger partial charge in [-0.1, -0.05) is 12.5 Å². The zero-order valence-corrected chi connectivity index (χ0v) is 26.7. The summed E-state index contributed by atoms with van der Waals surface area (Å²) in [5.41, 5.74) is -3.86. The van der Waals surface area contributed by atoms with Crippen LogP contribution in [-0.2, 0) is 57.2 Å². The Kier molecular flexibility index (Phi) is 8.71. The lowest BCUT2D eigenvalue weighted by Crippen LogP contribution is -2.79. The highest BCUT2D eigenvalue weighted by molar-refractivity contribution is 5.98. The number of allylic oxidation sites excluding steroid dienone is 3. The summed E-state index contributed by atoms with van der Waals surface area (Å²) in [6.45, 7) is 8.16. The van der Waals surface area contributed by atoms with E-state index in [1.807, 2.05) is 0 Å². The highest BCUT2D eigenvalue weighted by Crippen LogP contribution is 2.72. The Morgan fingerprint density at radius 1 is 1.07 bits per heavy atom. The summed E-state index contributed by atoms with van der Waals surface area (Å²) in [6.07, 6.45) is -5.90. The number of hydrogen-bond acceptors (Lipinski definition) is 14. The van der Waals surface area contributed by atoms with E-state index in [2.05, 4.69) is 0 Å². The van der Waals surface area contributed by atoms with Crippen molar-refractivity contribution in [2.75, 3.05) is 20.3 Å². The molecule has 10 atom stereocenters. The number of aliphatic hydroxyl groups excluding tert-OH is 2. The fraction of sp³-hybridized carbons (Fsp3) is 0.688. The van der Waals surface area contributed by atoms with Gasteiger partial charge in [0.2, 0.25) is 11.7 Å². The molecule has 252 valence electrons. The van der Waals surface area contributed by atoms with Crippen LogP contribution < -0.4 is 0 Å². The SMILES string of the molecule is CCOC(=O)CCC(=O)OC1=C(C)[C@@H]2C[C@H]3OC(=O)[C@H](OC(=O)C=C(C)C)[C@H]4[C@]5(C(=O)OC)OC[C@]34[C@H]([C@@H](O)[C@@H]5O)[C@@]2(C)CC1=O. The standard InChI is InChI=1S/C32H40O14/c1-7-42-19(34)8-9-20(35)45-23-15(4)16-11-18-31-13-43-32(29(40)41-6,27(38)22(37)25(31)30(16,5)12-17(23)33)26(31)24(28(39)44-18)46-21(36)10-14(2)3/h10,16,18,22,24-27,37-38H,7-9,11-13H2,1-6H3/t16-,18+,22+,24+,25+,26+,27-,30-,31+,32-/m0/s1. The van der Waals surface area contributed by atoms with Crippen molar-refractivity contribution in [3.8, 4) is 0 Å². The second-order valence-corrected chi connectivity index (χ2v) is 13.3. The summed E-state index contributed by atoms with van der Waals surface area (Å²) in [4.78, 5) is 78.0. The van der Waals surface area contributed by atoms with Crippen LogP contribution in [0.2, 0.25) is 0 Å². The first-order valence-corrected chi connectivity index (χ1v) is 15.3. The number of methoxy groups -OCH3 is 1. The molecule has 1 spiro atoms. The van der Waals surface area contributed by atoms with Crippen LogP contribution in [0.1, 0.15) is 60.3 Å². The normalized spacial score (nSPS) is 38.9. The summed E-state index contributed by atoms with van der Waals surface area (Å²) >= 11 is 0. The predicted octanol–water partition coefficient (Wildman–Crippen LogP) is 0.846. The van der Waals surface area contributed by atoms with Crippen molar-refractivity contribution in [3.05, 3.63) is 23.0 Å². The van der Waals surface area contributed by atoms with Gasteiger partial charge in [0, 0.05) is 23.8 Å². The Morgan fingerprint density at radius 3 is 2.37 bits per heavy atom. The van der Waals surface area contributed by atoms with E-state index < -0.39 is 94.2 Å². The van der Waals surface area contributed by atoms with E-state index in [0.29, 0.717) is 11.1 Å². The zero-order valence-electron chi connectivity index (χ0n) is 26.7. The fourth-order valence-electron chi connectivity index (χ4n) is 8.98. The van der Waals surface area contributed by atoms with Gasteiger partial charge in [-0.15, -0.1) is 0 Å². The molecule has 2 aliphatic heterocycles. The van der Waals surface area contributed by atoms with Gasteiger partial charge < -0.3 is 38.6 Å². The van der Waals surface area contributed by atoms with Crippen molar-refractivity contribution in [3.63, 3.8) is 0 Å². The summed E-state index contributed by atoms with van der Waals surface area (Å²) in [5.74, 6) is -8.01. The van der Waals surface area contributed by atoms with Gasteiger partial charge in [0.1, 0.15) is 12.2 Å². The highest BCUT2D eigenvalue weighted by Gasteiger charge is 2.85. The van der Waals surface area contributed by atoms with Crippen LogP contribution in [0.15, 0.2) is 23.0 Å². The largest absolute Gasteiger partial charge is 0.467 e. The first-order chi connectivity index (χ1) is 21.6. The monoisotopic (exact) mass is 648 g/mol. The summed E-state index contributed by atoms with van der Waals surface area (Å²) in [7, 11) is 1.07. The molecule has 2 heterocycles. The maximum atomic E-state index is 13.7. The molecule has 14 nitrogen and oxygen atoms in total. The molecule has 4 fully saturated rings. The fourth-order valence-corrected chi connectivity index (χ4v) is 8.98. The minimum absolute atomic E-state index is 0.0797. The molecular formula is C32H40O14. The van der Waals surface area contributed by atoms with Gasteiger partial charge in [-0.25, -0.2) is 14.4 Å². The van der Waals surface area contributed by atoms with E-state index in [-0.39, 0.29) is 44.7 Å². The molecule has 5 aliphatic rings. The van der Waals surface area contributed by atoms with Gasteiger partial charge in [-0.3, -0.25) is 14.4 Å². The van der Waals surface area contributed by atoms with Gasteiger partial charge in [-0.05, 0) is 51.0 Å². The van der Waals surface area contributed by atoms with Gasteiger partial charge >= 0.3 is 29.8 Å². The summed E-state index contributed by atoms with van der Waals surface area (Å²) in [5, 5.41) is 23.6. The van der Waals surface area contributed by atoms with Crippen molar-refractivity contribution < 1.29 is 67.4 Å². The second kappa shape index (κ2) is 11.9. The van der Waals surface area contributed by atoms with E-state index >= 15 is 0 Å². The summed E-state index contributed by atoms with van der Waals surface area (Å²) in [6, 6.07) is 0. The van der Waals surface area contributed by atoms with E-state index in [4.69, 9.17) is 28.4 Å². The van der Waals surface area contributed by atoms with E-state index in [1.165, 1.54) is 0 Å². The van der Waals surface area contributed by atoms with Crippen LogP contribution in [0.5, 0.6) is 0 Å². The molecule has 0 unspecified atom stereocenters. The van der Waals surface area contributed by atoms with E-state index in [9.17, 15) is 39.0 Å². The molecule has 0 aromatic heterocycles. The molecule has 2 saturated heterocycles. The van der Waals surface area contributed by atoms with Crippen LogP contribution in [0.25, 0.3) is 0 Å². The predicted molar refractivity (Wildman–Crippen MR) is 152 cm³/mol. The molecule has 0 radical (unpaired) electrons. The average Bonchev–Trinajstić information content (AvgIpc) is 3.28. The lowest BCUT2D eigenvalue weighted by molar-refractivity contribution is -0.290. The average molecular weight is 649 g/mol. The van der Waals surface area contributed by atoms with Crippen molar-refractivity contribution in [2.45, 2.75) is 90.3 Å². The number of fused-ring (bicyclic) bond motifs is 2. The third-order valence-corrected chi connectivity index (χ3v) is 10.5. The molecule has 0 aromatic rings. The molecule has 2 saturated carbocycles. The van der Waals surface area contributed by atoms with Crippen LogP contribution in [0.4, 0.5) is 0 Å². The number of Topliss-reactive ketones (excluding diaryl/α,β-unsaturated/α-hetero) is 1. The topological polar surface area (TPSA) is 198 Å². The molecule has 2 bridgehead atoms. The maximum absolute atomic E-state index is 13.7. The molecule has 0 amide bonds. The number of hydrogen-bond donors (Lipinski definition) is 2. The van der Waals surface area contributed by atoms with Crippen LogP contribution in [-0.4, -0.2) is 96.2 Å². The van der Waals surface area contributed by atoms with Crippen molar-refractivity contribution in [2.24, 2.45) is 28.6 Å². The van der Waals surface area contributed by atoms with Crippen molar-refractivity contribution in [1.29, 1.82) is 0 Å². The van der Waals surface area contributed by atoms with Crippen LogP contribution in [0, 0.1) is 28.6 Å². The molecule has 0 aromatic carbocycles. The summed E-state index contributed by atoms with van der Waals surface area (Å²) < 4.78 is 33.0. The van der Waals surface area contributed by atoms with Gasteiger partial charge in [-0.2, -0.15) is 0 Å². The van der Waals surface area contributed by atoms with Crippen LogP contribution >= 0.6 is 0 Å². The van der Waals surface area contributed by atoms with E-state index in [1.54, 1.807) is 34.6 Å². The van der Waals surface area contributed by atoms with Crippen molar-refractivity contribution in [1.82, 2.24) is 0 Å². The minimum Gasteiger partial charge on any atom is -0.467 e. The van der Waals surface area contributed by atoms with Crippen LogP contribution in [0.3, 0.4) is 0 Å². The van der Waals surface area contributed by atoms with Gasteiger partial charge in [0.25, 0.3) is 0 Å². The van der Waals surface area contributed by atoms with E-state index in [0.717, 1.165) is 13.2 Å². The third kappa shape index (κ3) is 4.79. The molecule has 46 heavy (non-hydrogen) atoms. The Hall–Kier alpha value is -3.62. The number of esters is 5. The van der Waals surface area contributed by atoms with Gasteiger partial charge in [0.05, 0.1) is 45.2 Å². The molecule has 5 rings (SSSR count). The Balaban J connectivity index is 1.59. The Labute approximate surface area is 265 Å². The first kappa shape index (κ1) is 33.7. The zero-order chi connectivity index (χ0) is 33.9. The number of aliphatic hydroxyl groups is 2. The lowest BCUT2D eigenvalue weighted by Gasteiger charge is -2.67. The maximum Gasteiger partial charge on any atom is 0.348 e. The number of ether oxygens (including phenoxy) is 6. The molecule has 14 heteroatoms. The molecular weight excluding hydrogens is 608 g/mol. The second-order valence-electron chi connectivity index (χ2n) is 13.3. The first-order valence-electron chi connectivity index (χ1n) is 15.3. The number of ketones is 1. The molecule has 2 N–H and O–H groups in total. The van der Waals surface area contributed by atoms with Gasteiger partial charge in [0.15, 0.2) is 11.5 Å². The number of rotatable bonds is 8. The third-order valence-electron chi connectivity index (χ3n) is 10.5. The van der Waals surface area contributed by atoms with Crippen molar-refractivity contribution >= 4 is 35.6 Å². The Bertz CT molecular complexity index is 1430. The number of carbonyl (C=O) groups is 6. The molecule has 3 aliphatic carbocycles. The smallest absolute Gasteiger partial charge is 0.348 e. The minimum atomic E-state index is -2.29. The lowest BCUT2D eigenvalue weighted by atomic mass is 9.38. The Morgan fingerprint density at radius 2 is 1.74 bits per heavy atom.